The number of rotatable bonds is 13. The minimum atomic E-state index is -1.61. The van der Waals surface area contributed by atoms with E-state index in [0.717, 1.165) is 11.1 Å². The van der Waals surface area contributed by atoms with Crippen LogP contribution in [0.5, 0.6) is 5.75 Å². The van der Waals surface area contributed by atoms with E-state index in [9.17, 15) is 24.3 Å². The van der Waals surface area contributed by atoms with Crippen LogP contribution >= 0.6 is 0 Å². The van der Waals surface area contributed by atoms with E-state index in [2.05, 4.69) is 10.3 Å². The SMILES string of the molecule is N=C(N)c1ccc(CC(=O)C(=O)O)c(OC[C@@H](CCC(=O)O)NC(=O)c2cccc(-c3ccc(N)nc3)c2)c1. The van der Waals surface area contributed by atoms with Gasteiger partial charge < -0.3 is 31.7 Å². The molecule has 12 nitrogen and oxygen atoms in total. The maximum Gasteiger partial charge on any atom is 0.372 e. The smallest absolute Gasteiger partial charge is 0.372 e. The summed E-state index contributed by atoms with van der Waals surface area (Å²) in [4.78, 5) is 51.2. The number of aromatic nitrogens is 1. The molecule has 1 heterocycles. The number of ether oxygens (including phenoxy) is 1. The maximum atomic E-state index is 13.1. The molecule has 0 spiro atoms. The summed E-state index contributed by atoms with van der Waals surface area (Å²) in [6.45, 7) is -0.198. The number of ketones is 1. The highest BCUT2D eigenvalue weighted by molar-refractivity contribution is 6.33. The van der Waals surface area contributed by atoms with Crippen molar-refractivity contribution in [3.8, 4) is 16.9 Å². The van der Waals surface area contributed by atoms with Gasteiger partial charge in [-0.3, -0.25) is 19.8 Å². The number of hydrogen-bond acceptors (Lipinski definition) is 8. The fourth-order valence-electron chi connectivity index (χ4n) is 3.62. The molecule has 12 heteroatoms. The number of nitrogens with one attached hydrogen (secondary N) is 2. The van der Waals surface area contributed by atoms with Gasteiger partial charge in [-0.2, -0.15) is 0 Å². The van der Waals surface area contributed by atoms with E-state index in [0.29, 0.717) is 11.4 Å². The van der Waals surface area contributed by atoms with E-state index in [-0.39, 0.29) is 42.2 Å². The summed E-state index contributed by atoms with van der Waals surface area (Å²) in [7, 11) is 0. The van der Waals surface area contributed by atoms with Gasteiger partial charge in [0.05, 0.1) is 6.04 Å². The number of benzene rings is 2. The van der Waals surface area contributed by atoms with Crippen LogP contribution in [0.4, 0.5) is 5.82 Å². The van der Waals surface area contributed by atoms with Crippen molar-refractivity contribution in [2.75, 3.05) is 12.3 Å². The largest absolute Gasteiger partial charge is 0.491 e. The highest BCUT2D eigenvalue weighted by Gasteiger charge is 2.20. The van der Waals surface area contributed by atoms with Crippen LogP contribution in [0.2, 0.25) is 0 Å². The van der Waals surface area contributed by atoms with E-state index >= 15 is 0 Å². The van der Waals surface area contributed by atoms with E-state index in [1.165, 1.54) is 18.2 Å². The lowest BCUT2D eigenvalue weighted by atomic mass is 10.0. The number of amidine groups is 1. The molecule has 39 heavy (non-hydrogen) atoms. The van der Waals surface area contributed by atoms with Crippen LogP contribution in [0, 0.1) is 5.41 Å². The molecule has 0 saturated carbocycles. The Labute approximate surface area is 223 Å². The number of nitrogens with two attached hydrogens (primary N) is 2. The van der Waals surface area contributed by atoms with Gasteiger partial charge in [0.25, 0.3) is 5.91 Å². The number of amides is 1. The van der Waals surface area contributed by atoms with Crippen molar-refractivity contribution < 1.29 is 34.1 Å². The van der Waals surface area contributed by atoms with Crippen molar-refractivity contribution in [2.24, 2.45) is 5.73 Å². The molecular formula is C27H27N5O7. The molecule has 0 fully saturated rings. The molecular weight excluding hydrogens is 506 g/mol. The second kappa shape index (κ2) is 12.8. The standard InChI is InChI=1S/C27H27N5O7/c28-23-8-6-19(13-31-23)15-2-1-3-18(10-15)26(36)32-20(7-9-24(34)35)14-39-22-12-17(25(29)30)5-4-16(22)11-21(33)27(37)38/h1-6,8,10,12-13,20H,7,9,11,14H2,(H2,28,31)(H3,29,30)(H,32,36)(H,34,35)(H,37,38)/t20-/m1/s1. The van der Waals surface area contributed by atoms with Gasteiger partial charge in [-0.1, -0.05) is 24.3 Å². The third kappa shape index (κ3) is 8.12. The number of carbonyl (C=O) groups excluding carboxylic acids is 2. The molecule has 8 N–H and O–H groups in total. The minimum absolute atomic E-state index is 0.0262. The molecule has 0 aliphatic heterocycles. The maximum absolute atomic E-state index is 13.1. The van der Waals surface area contributed by atoms with Crippen molar-refractivity contribution in [1.82, 2.24) is 10.3 Å². The first kappa shape index (κ1) is 28.3. The third-order valence-electron chi connectivity index (χ3n) is 5.69. The Hall–Kier alpha value is -5.26. The second-order valence-electron chi connectivity index (χ2n) is 8.61. The van der Waals surface area contributed by atoms with Gasteiger partial charge in [0.2, 0.25) is 5.78 Å². The zero-order valence-corrected chi connectivity index (χ0v) is 20.7. The Morgan fingerprint density at radius 3 is 2.41 bits per heavy atom. The molecule has 0 saturated heterocycles. The number of Topliss-reactive ketones (excluding diaryl/α,β-unsaturated/α-hetero) is 1. The first-order valence-corrected chi connectivity index (χ1v) is 11.7. The zero-order valence-electron chi connectivity index (χ0n) is 20.7. The number of hydrogen-bond donors (Lipinski definition) is 6. The predicted octanol–water partition coefficient (Wildman–Crippen LogP) is 1.85. The molecule has 0 bridgehead atoms. The Bertz CT molecular complexity index is 1410. The van der Waals surface area contributed by atoms with Crippen molar-refractivity contribution in [2.45, 2.75) is 25.3 Å². The number of carbonyl (C=O) groups is 4. The topological polar surface area (TPSA) is 219 Å². The number of carboxylic acids is 2. The van der Waals surface area contributed by atoms with Crippen LogP contribution in [-0.4, -0.2) is 57.3 Å². The summed E-state index contributed by atoms with van der Waals surface area (Å²) in [6.07, 6.45) is 0.876. The quantitative estimate of drug-likeness (QED) is 0.106. The van der Waals surface area contributed by atoms with Crippen LogP contribution in [0.3, 0.4) is 0 Å². The molecule has 0 radical (unpaired) electrons. The van der Waals surface area contributed by atoms with E-state index in [1.807, 2.05) is 0 Å². The summed E-state index contributed by atoms with van der Waals surface area (Å²) < 4.78 is 5.82. The van der Waals surface area contributed by atoms with Gasteiger partial charge in [0.15, 0.2) is 0 Å². The van der Waals surface area contributed by atoms with Gasteiger partial charge in [-0.25, -0.2) is 9.78 Å². The summed E-state index contributed by atoms with van der Waals surface area (Å²) in [5, 5.41) is 28.6. The third-order valence-corrected chi connectivity index (χ3v) is 5.69. The lowest BCUT2D eigenvalue weighted by Gasteiger charge is -2.20. The lowest BCUT2D eigenvalue weighted by molar-refractivity contribution is -0.148. The number of pyridine rings is 1. The van der Waals surface area contributed by atoms with Gasteiger partial charge in [0.1, 0.15) is 24.0 Å². The van der Waals surface area contributed by atoms with Crippen LogP contribution in [0.15, 0.2) is 60.8 Å². The Morgan fingerprint density at radius 2 is 1.77 bits per heavy atom. The van der Waals surface area contributed by atoms with Gasteiger partial charge >= 0.3 is 11.9 Å². The average Bonchev–Trinajstić information content (AvgIpc) is 2.90. The summed E-state index contributed by atoms with van der Waals surface area (Å²) in [5.74, 6) is -4.05. The van der Waals surface area contributed by atoms with Crippen LogP contribution < -0.4 is 21.5 Å². The van der Waals surface area contributed by atoms with Crippen molar-refractivity contribution in [3.63, 3.8) is 0 Å². The van der Waals surface area contributed by atoms with Crippen molar-refractivity contribution in [1.29, 1.82) is 5.41 Å². The van der Waals surface area contributed by atoms with Gasteiger partial charge in [0, 0.05) is 41.3 Å². The van der Waals surface area contributed by atoms with Crippen LogP contribution in [-0.2, 0) is 20.8 Å². The first-order chi connectivity index (χ1) is 18.5. The number of anilines is 1. The molecule has 0 aliphatic carbocycles. The normalized spacial score (nSPS) is 11.3. The number of nitrogens with zero attached hydrogens (tertiary/aromatic N) is 1. The minimum Gasteiger partial charge on any atom is -0.491 e. The number of carboxylic acid groups (broad SMARTS) is 2. The van der Waals surface area contributed by atoms with E-state index < -0.39 is 36.1 Å². The molecule has 0 unspecified atom stereocenters. The van der Waals surface area contributed by atoms with Crippen LogP contribution in [0.1, 0.15) is 34.3 Å². The van der Waals surface area contributed by atoms with Gasteiger partial charge in [-0.05, 0) is 42.3 Å². The van der Waals surface area contributed by atoms with Crippen molar-refractivity contribution >= 4 is 35.3 Å². The fourth-order valence-corrected chi connectivity index (χ4v) is 3.62. The summed E-state index contributed by atoms with van der Waals surface area (Å²) in [5.41, 5.74) is 13.5. The number of nitrogen functional groups attached to an aromatic ring is 2. The molecule has 202 valence electrons. The Morgan fingerprint density at radius 1 is 1.00 bits per heavy atom. The zero-order chi connectivity index (χ0) is 28.5. The molecule has 2 aromatic carbocycles. The highest BCUT2D eigenvalue weighted by atomic mass is 16.5. The molecule has 1 atom stereocenters. The predicted molar refractivity (Wildman–Crippen MR) is 142 cm³/mol. The van der Waals surface area contributed by atoms with Gasteiger partial charge in [-0.15, -0.1) is 0 Å². The molecule has 0 aliphatic rings. The first-order valence-electron chi connectivity index (χ1n) is 11.7. The molecule has 3 rings (SSSR count). The number of aliphatic carboxylic acids is 2. The average molecular weight is 534 g/mol. The summed E-state index contributed by atoms with van der Waals surface area (Å²) >= 11 is 0. The Kier molecular flexibility index (Phi) is 9.30. The summed E-state index contributed by atoms with van der Waals surface area (Å²) in [6, 6.07) is 13.7. The highest BCUT2D eigenvalue weighted by Crippen LogP contribution is 2.23. The molecule has 1 aromatic heterocycles. The van der Waals surface area contributed by atoms with Crippen molar-refractivity contribution in [3.05, 3.63) is 77.5 Å². The molecule has 1 amide bonds. The van der Waals surface area contributed by atoms with E-state index in [4.69, 9.17) is 26.7 Å². The monoisotopic (exact) mass is 533 g/mol. The molecule has 3 aromatic rings. The van der Waals surface area contributed by atoms with E-state index in [1.54, 1.807) is 42.6 Å². The lowest BCUT2D eigenvalue weighted by Crippen LogP contribution is -2.39. The van der Waals surface area contributed by atoms with Crippen LogP contribution in [0.25, 0.3) is 11.1 Å². The fraction of sp³-hybridized carbons (Fsp3) is 0.185. The second-order valence-corrected chi connectivity index (χ2v) is 8.61. The Balaban J connectivity index is 1.80.